The molecule has 0 bridgehead atoms. The van der Waals surface area contributed by atoms with Crippen molar-refractivity contribution in [3.05, 3.63) is 111 Å². The van der Waals surface area contributed by atoms with Crippen molar-refractivity contribution in [1.82, 2.24) is 15.2 Å². The van der Waals surface area contributed by atoms with Crippen molar-refractivity contribution < 1.29 is 24.5 Å². The quantitative estimate of drug-likeness (QED) is 0.156. The number of aromatic nitrogens is 1. The van der Waals surface area contributed by atoms with E-state index in [0.717, 1.165) is 64.9 Å². The number of halogens is 1. The molecular formula is C38H41ClN4O5. The average Bonchev–Trinajstić information content (AvgIpc) is 3.65. The van der Waals surface area contributed by atoms with Gasteiger partial charge in [-0.3, -0.25) is 9.78 Å². The summed E-state index contributed by atoms with van der Waals surface area (Å²) in [6.07, 6.45) is 5.21. The van der Waals surface area contributed by atoms with Crippen molar-refractivity contribution in [2.75, 3.05) is 26.3 Å². The molecule has 0 atom stereocenters. The lowest BCUT2D eigenvalue weighted by Gasteiger charge is -2.27. The lowest BCUT2D eigenvalue weighted by atomic mass is 9.91. The molecule has 1 fully saturated rings. The molecule has 4 aromatic rings. The van der Waals surface area contributed by atoms with Gasteiger partial charge in [0, 0.05) is 54.8 Å². The van der Waals surface area contributed by atoms with Gasteiger partial charge < -0.3 is 29.9 Å². The van der Waals surface area contributed by atoms with Crippen LogP contribution >= 0.6 is 11.6 Å². The van der Waals surface area contributed by atoms with Crippen molar-refractivity contribution in [2.45, 2.75) is 58.9 Å². The normalized spacial score (nSPS) is 13.0. The molecule has 0 radical (unpaired) electrons. The van der Waals surface area contributed by atoms with E-state index in [1.165, 1.54) is 6.20 Å². The van der Waals surface area contributed by atoms with Gasteiger partial charge in [0.25, 0.3) is 5.91 Å². The van der Waals surface area contributed by atoms with Crippen LogP contribution in [-0.4, -0.2) is 57.8 Å². The number of aliphatic hydroxyl groups excluding tert-OH is 2. The number of ether oxygens (including phenoxy) is 2. The third-order valence-electron chi connectivity index (χ3n) is 8.91. The Labute approximate surface area is 286 Å². The Kier molecular flexibility index (Phi) is 11.3. The van der Waals surface area contributed by atoms with E-state index in [0.29, 0.717) is 27.6 Å². The molecule has 0 unspecified atom stereocenters. The second kappa shape index (κ2) is 15.6. The van der Waals surface area contributed by atoms with Crippen molar-refractivity contribution in [3.8, 4) is 28.7 Å². The van der Waals surface area contributed by atoms with Crippen LogP contribution in [0.3, 0.4) is 0 Å². The Bertz CT molecular complexity index is 1810. The predicted octanol–water partition coefficient (Wildman–Crippen LogP) is 6.12. The van der Waals surface area contributed by atoms with Gasteiger partial charge in [-0.1, -0.05) is 41.9 Å². The van der Waals surface area contributed by atoms with Gasteiger partial charge in [0.15, 0.2) is 0 Å². The standard InChI is InChI=1S/C38H41ClN4O5/c1-25-29(8-6-9-31(25)32-10-7-11-33(26(32)2)37(46)43-12-4-5-13-43)22-48-36-16-35(47-21-28-14-27(17-40)18-41-19-28)30(15-34(36)39)20-42-38(3,23-44)24-45/h6-11,14-16,18-19,42,44-45H,4-5,12-13,20-24H2,1-3H3. The molecule has 10 heteroatoms. The molecule has 0 spiro atoms. The van der Waals surface area contributed by atoms with Crippen LogP contribution in [0.4, 0.5) is 0 Å². The summed E-state index contributed by atoms with van der Waals surface area (Å²) in [5, 5.41) is 32.4. The molecule has 0 saturated carbocycles. The molecule has 9 nitrogen and oxygen atoms in total. The van der Waals surface area contributed by atoms with Gasteiger partial charge in [-0.15, -0.1) is 0 Å². The predicted molar refractivity (Wildman–Crippen MR) is 185 cm³/mol. The number of carbonyl (C=O) groups excluding carboxylic acids is 1. The number of pyridine rings is 1. The molecule has 1 saturated heterocycles. The number of hydrogen-bond donors (Lipinski definition) is 3. The molecule has 5 rings (SSSR count). The second-order valence-corrected chi connectivity index (χ2v) is 12.9. The topological polar surface area (TPSA) is 128 Å². The monoisotopic (exact) mass is 668 g/mol. The minimum atomic E-state index is -0.911. The van der Waals surface area contributed by atoms with Gasteiger partial charge in [-0.25, -0.2) is 0 Å². The zero-order valence-corrected chi connectivity index (χ0v) is 28.3. The number of benzene rings is 3. The number of amides is 1. The number of aliphatic hydroxyl groups is 2. The average molecular weight is 669 g/mol. The molecule has 2 heterocycles. The maximum Gasteiger partial charge on any atom is 0.254 e. The number of nitriles is 1. The first-order chi connectivity index (χ1) is 23.2. The minimum Gasteiger partial charge on any atom is -0.488 e. The number of rotatable bonds is 13. The lowest BCUT2D eigenvalue weighted by molar-refractivity contribution is 0.0792. The second-order valence-electron chi connectivity index (χ2n) is 12.5. The highest BCUT2D eigenvalue weighted by molar-refractivity contribution is 6.32. The number of carbonyl (C=O) groups is 1. The summed E-state index contributed by atoms with van der Waals surface area (Å²) < 4.78 is 12.5. The van der Waals surface area contributed by atoms with Crippen LogP contribution in [0.2, 0.25) is 5.02 Å². The van der Waals surface area contributed by atoms with E-state index in [4.69, 9.17) is 21.1 Å². The van der Waals surface area contributed by atoms with Gasteiger partial charge in [-0.2, -0.15) is 5.26 Å². The highest BCUT2D eigenvalue weighted by Crippen LogP contribution is 2.36. The summed E-state index contributed by atoms with van der Waals surface area (Å²) in [6, 6.07) is 19.2. The molecule has 0 aliphatic carbocycles. The maximum atomic E-state index is 13.3. The van der Waals surface area contributed by atoms with Crippen molar-refractivity contribution in [3.63, 3.8) is 0 Å². The van der Waals surface area contributed by atoms with Crippen LogP contribution < -0.4 is 14.8 Å². The molecule has 1 aromatic heterocycles. The van der Waals surface area contributed by atoms with Crippen LogP contribution in [0.15, 0.2) is 67.0 Å². The van der Waals surface area contributed by atoms with E-state index in [-0.39, 0.29) is 38.9 Å². The first kappa shape index (κ1) is 34.9. The Balaban J connectivity index is 1.39. The first-order valence-electron chi connectivity index (χ1n) is 16.0. The first-order valence-corrected chi connectivity index (χ1v) is 16.4. The Morgan fingerprint density at radius 3 is 2.35 bits per heavy atom. The lowest BCUT2D eigenvalue weighted by Crippen LogP contribution is -2.48. The minimum absolute atomic E-state index is 0.0849. The van der Waals surface area contributed by atoms with Gasteiger partial charge in [-0.05, 0) is 79.6 Å². The molecule has 48 heavy (non-hydrogen) atoms. The van der Waals surface area contributed by atoms with Gasteiger partial charge in [0.2, 0.25) is 0 Å². The number of nitrogens with one attached hydrogen (secondary N) is 1. The largest absolute Gasteiger partial charge is 0.488 e. The van der Waals surface area contributed by atoms with E-state index in [2.05, 4.69) is 35.4 Å². The Morgan fingerprint density at radius 1 is 0.958 bits per heavy atom. The summed E-state index contributed by atoms with van der Waals surface area (Å²) >= 11 is 6.74. The number of hydrogen-bond acceptors (Lipinski definition) is 8. The molecule has 1 aliphatic rings. The SMILES string of the molecule is Cc1c(COc2cc(OCc3cncc(C#N)c3)c(CNC(C)(CO)CO)cc2Cl)cccc1-c1cccc(C(=O)N2CCCC2)c1C. The summed E-state index contributed by atoms with van der Waals surface area (Å²) in [7, 11) is 0. The molecule has 250 valence electrons. The van der Waals surface area contributed by atoms with Gasteiger partial charge in [0.1, 0.15) is 30.8 Å². The van der Waals surface area contributed by atoms with E-state index in [9.17, 15) is 20.3 Å². The van der Waals surface area contributed by atoms with E-state index in [1.807, 2.05) is 36.1 Å². The molecule has 3 N–H and O–H groups in total. The molecule has 3 aromatic carbocycles. The summed E-state index contributed by atoms with van der Waals surface area (Å²) in [5.41, 5.74) is 6.67. The van der Waals surface area contributed by atoms with Crippen LogP contribution in [-0.2, 0) is 19.8 Å². The highest BCUT2D eigenvalue weighted by atomic mass is 35.5. The number of likely N-dealkylation sites (tertiary alicyclic amines) is 1. The molecule has 1 aliphatic heterocycles. The summed E-state index contributed by atoms with van der Waals surface area (Å²) in [5.74, 6) is 0.996. The fraction of sp³-hybridized carbons (Fsp3) is 0.342. The Morgan fingerprint density at radius 2 is 1.65 bits per heavy atom. The van der Waals surface area contributed by atoms with Crippen molar-refractivity contribution in [2.24, 2.45) is 0 Å². The van der Waals surface area contributed by atoms with Gasteiger partial charge in [0.05, 0.1) is 29.3 Å². The maximum absolute atomic E-state index is 13.3. The summed E-state index contributed by atoms with van der Waals surface area (Å²) in [6.45, 7) is 7.49. The van der Waals surface area contributed by atoms with Crippen molar-refractivity contribution >= 4 is 17.5 Å². The van der Waals surface area contributed by atoms with E-state index in [1.54, 1.807) is 31.3 Å². The number of nitrogens with zero attached hydrogens (tertiary/aromatic N) is 3. The third-order valence-corrected chi connectivity index (χ3v) is 9.21. The zero-order chi connectivity index (χ0) is 34.3. The van der Waals surface area contributed by atoms with Crippen LogP contribution in [0.25, 0.3) is 11.1 Å². The third kappa shape index (κ3) is 7.97. The Hall–Kier alpha value is -4.46. The van der Waals surface area contributed by atoms with Crippen molar-refractivity contribution in [1.29, 1.82) is 5.26 Å². The molecule has 1 amide bonds. The fourth-order valence-electron chi connectivity index (χ4n) is 5.76. The zero-order valence-electron chi connectivity index (χ0n) is 27.6. The molecular weight excluding hydrogens is 628 g/mol. The smallest absolute Gasteiger partial charge is 0.254 e. The van der Waals surface area contributed by atoms with E-state index >= 15 is 0 Å². The van der Waals surface area contributed by atoms with E-state index < -0.39 is 5.54 Å². The van der Waals surface area contributed by atoms with Crippen LogP contribution in [0, 0.1) is 25.2 Å². The van der Waals surface area contributed by atoms with Crippen LogP contribution in [0.1, 0.15) is 63.5 Å². The highest BCUT2D eigenvalue weighted by Gasteiger charge is 2.24. The van der Waals surface area contributed by atoms with Gasteiger partial charge >= 0.3 is 0 Å². The summed E-state index contributed by atoms with van der Waals surface area (Å²) in [4.78, 5) is 19.3. The van der Waals surface area contributed by atoms with Crippen LogP contribution in [0.5, 0.6) is 11.5 Å². The fourth-order valence-corrected chi connectivity index (χ4v) is 6.00.